The summed E-state index contributed by atoms with van der Waals surface area (Å²) < 4.78 is 12.5. The topological polar surface area (TPSA) is 48.0 Å². The summed E-state index contributed by atoms with van der Waals surface area (Å²) in [5.74, 6) is -0.556. The van der Waals surface area contributed by atoms with Crippen LogP contribution in [0.4, 0.5) is 0 Å². The third-order valence-corrected chi connectivity index (χ3v) is 5.03. The highest BCUT2D eigenvalue weighted by atomic mass is 16.7. The number of carbonyl (C=O) groups excluding carboxylic acids is 1. The van der Waals surface area contributed by atoms with Crippen LogP contribution in [-0.2, 0) is 19.1 Å². The van der Waals surface area contributed by atoms with Gasteiger partial charge in [-0.15, -0.1) is 5.06 Å². The second-order valence-corrected chi connectivity index (χ2v) is 8.41. The Hall–Kier alpha value is -0.650. The normalized spacial score (nSPS) is 33.6. The smallest absolute Gasteiger partial charge is 0.313 e. The quantitative estimate of drug-likeness (QED) is 0.734. The summed E-state index contributed by atoms with van der Waals surface area (Å²) in [5.41, 5.74) is -0.710. The van der Waals surface area contributed by atoms with Gasteiger partial charge in [0.15, 0.2) is 5.79 Å². The largest absolute Gasteiger partial charge is 0.370 e. The highest BCUT2D eigenvalue weighted by Gasteiger charge is 2.61. The van der Waals surface area contributed by atoms with Gasteiger partial charge in [0.25, 0.3) is 0 Å². The van der Waals surface area contributed by atoms with E-state index >= 15 is 0 Å². The summed E-state index contributed by atoms with van der Waals surface area (Å²) in [7, 11) is 0. The number of hydrogen-bond acceptors (Lipinski definition) is 5. The zero-order valence-electron chi connectivity index (χ0n) is 14.4. The minimum absolute atomic E-state index is 0.0374. The fourth-order valence-corrected chi connectivity index (χ4v) is 3.71. The van der Waals surface area contributed by atoms with E-state index in [1.54, 1.807) is 5.06 Å². The molecule has 2 saturated heterocycles. The molecule has 0 saturated carbocycles. The van der Waals surface area contributed by atoms with Crippen molar-refractivity contribution in [3.8, 4) is 0 Å². The first-order chi connectivity index (χ1) is 9.47. The molecule has 1 unspecified atom stereocenters. The van der Waals surface area contributed by atoms with E-state index < -0.39 is 5.79 Å². The van der Waals surface area contributed by atoms with Crippen LogP contribution in [0.15, 0.2) is 0 Å². The minimum atomic E-state index is -0.620. The Kier molecular flexibility index (Phi) is 3.93. The van der Waals surface area contributed by atoms with Crippen LogP contribution in [0.2, 0.25) is 0 Å². The molecule has 0 aliphatic carbocycles. The fraction of sp³-hybridized carbons (Fsp3) is 0.938. The highest BCUT2D eigenvalue weighted by molar-refractivity contribution is 5.37. The highest BCUT2D eigenvalue weighted by Crippen LogP contribution is 2.51. The Labute approximate surface area is 127 Å². The molecule has 0 aromatic heterocycles. The maximum atomic E-state index is 10.9. The molecule has 0 bridgehead atoms. The lowest BCUT2D eigenvalue weighted by molar-refractivity contribution is -0.392. The van der Waals surface area contributed by atoms with Gasteiger partial charge in [0.1, 0.15) is 0 Å². The monoisotopic (exact) mass is 299 g/mol. The van der Waals surface area contributed by atoms with E-state index in [0.29, 0.717) is 26.1 Å². The van der Waals surface area contributed by atoms with Gasteiger partial charge in [0, 0.05) is 17.8 Å². The van der Waals surface area contributed by atoms with Gasteiger partial charge in [-0.3, -0.25) is 4.79 Å². The standard InChI is InChI=1S/C16H29NO4/c1-12-15(6,7)17(21-11-18)14(4,5)8-16(12)19-9-13(2,3)10-20-16/h11-12H,8-10H2,1-7H3. The van der Waals surface area contributed by atoms with Gasteiger partial charge in [0.05, 0.1) is 24.3 Å². The molecular formula is C16H29NO4. The average Bonchev–Trinajstić information content (AvgIpc) is 2.36. The molecule has 2 heterocycles. The van der Waals surface area contributed by atoms with E-state index in [4.69, 9.17) is 14.3 Å². The average molecular weight is 299 g/mol. The number of hydrogen-bond donors (Lipinski definition) is 0. The summed E-state index contributed by atoms with van der Waals surface area (Å²) in [6, 6.07) is 0. The van der Waals surface area contributed by atoms with E-state index in [-0.39, 0.29) is 22.4 Å². The van der Waals surface area contributed by atoms with Gasteiger partial charge in [-0.2, -0.15) is 0 Å². The van der Waals surface area contributed by atoms with Crippen LogP contribution in [0.1, 0.15) is 54.9 Å². The molecular weight excluding hydrogens is 270 g/mol. The number of carbonyl (C=O) groups is 1. The zero-order valence-corrected chi connectivity index (χ0v) is 14.4. The van der Waals surface area contributed by atoms with Crippen molar-refractivity contribution < 1.29 is 19.1 Å². The van der Waals surface area contributed by atoms with Crippen LogP contribution in [0.25, 0.3) is 0 Å². The molecule has 0 aromatic rings. The summed E-state index contributed by atoms with van der Waals surface area (Å²) in [4.78, 5) is 16.2. The fourth-order valence-electron chi connectivity index (χ4n) is 3.71. The lowest BCUT2D eigenvalue weighted by Crippen LogP contribution is -2.72. The molecule has 0 N–H and O–H groups in total. The first-order valence-electron chi connectivity index (χ1n) is 7.66. The lowest BCUT2D eigenvalue weighted by Gasteiger charge is -2.61. The molecule has 21 heavy (non-hydrogen) atoms. The van der Waals surface area contributed by atoms with Gasteiger partial charge >= 0.3 is 6.47 Å². The van der Waals surface area contributed by atoms with Crippen molar-refractivity contribution in [1.29, 1.82) is 0 Å². The number of rotatable bonds is 2. The Morgan fingerprint density at radius 1 is 1.10 bits per heavy atom. The molecule has 5 nitrogen and oxygen atoms in total. The van der Waals surface area contributed by atoms with E-state index in [9.17, 15) is 4.79 Å². The van der Waals surface area contributed by atoms with Crippen LogP contribution in [0.5, 0.6) is 0 Å². The maximum absolute atomic E-state index is 10.9. The van der Waals surface area contributed by atoms with Crippen molar-refractivity contribution in [1.82, 2.24) is 5.06 Å². The molecule has 1 spiro atoms. The summed E-state index contributed by atoms with van der Waals surface area (Å²) >= 11 is 0. The minimum Gasteiger partial charge on any atom is -0.370 e. The lowest BCUT2D eigenvalue weighted by atomic mass is 9.70. The number of piperidine rings is 1. The SMILES string of the molecule is CC1C2(CC(C)(C)N(OC=O)C1(C)C)OCC(C)(C)CO2. The third-order valence-electron chi connectivity index (χ3n) is 5.03. The molecule has 2 rings (SSSR count). The molecule has 0 radical (unpaired) electrons. The van der Waals surface area contributed by atoms with Crippen LogP contribution in [-0.4, -0.2) is 41.6 Å². The predicted octanol–water partition coefficient (Wildman–Crippen LogP) is 2.74. The van der Waals surface area contributed by atoms with Crippen LogP contribution in [0, 0.1) is 11.3 Å². The Bertz CT molecular complexity index is 407. The van der Waals surface area contributed by atoms with E-state index in [2.05, 4.69) is 48.5 Å². The van der Waals surface area contributed by atoms with Crippen molar-refractivity contribution in [2.75, 3.05) is 13.2 Å². The van der Waals surface area contributed by atoms with Gasteiger partial charge in [-0.05, 0) is 27.7 Å². The van der Waals surface area contributed by atoms with Gasteiger partial charge in [-0.1, -0.05) is 20.8 Å². The molecule has 2 aliphatic heterocycles. The summed E-state index contributed by atoms with van der Waals surface area (Å²) in [6.07, 6.45) is 0.661. The Morgan fingerprint density at radius 3 is 2.10 bits per heavy atom. The molecule has 122 valence electrons. The molecule has 1 atom stereocenters. The molecule has 2 fully saturated rings. The number of nitrogens with zero attached hydrogens (tertiary/aromatic N) is 1. The van der Waals surface area contributed by atoms with Gasteiger partial charge in [-0.25, -0.2) is 0 Å². The van der Waals surface area contributed by atoms with Gasteiger partial charge < -0.3 is 14.3 Å². The summed E-state index contributed by atoms with van der Waals surface area (Å²) in [6.45, 7) is 16.5. The van der Waals surface area contributed by atoms with Crippen molar-refractivity contribution in [2.24, 2.45) is 11.3 Å². The Balaban J connectivity index is 2.33. The maximum Gasteiger partial charge on any atom is 0.313 e. The van der Waals surface area contributed by atoms with Crippen molar-refractivity contribution in [2.45, 2.75) is 71.8 Å². The first-order valence-corrected chi connectivity index (χ1v) is 7.66. The van der Waals surface area contributed by atoms with Crippen molar-refractivity contribution in [3.63, 3.8) is 0 Å². The van der Waals surface area contributed by atoms with Crippen LogP contribution >= 0.6 is 0 Å². The van der Waals surface area contributed by atoms with E-state index in [1.807, 2.05) is 0 Å². The number of hydroxylamine groups is 2. The second-order valence-electron chi connectivity index (χ2n) is 8.41. The van der Waals surface area contributed by atoms with Crippen molar-refractivity contribution in [3.05, 3.63) is 0 Å². The third kappa shape index (κ3) is 2.71. The first kappa shape index (κ1) is 16.7. The predicted molar refractivity (Wildman–Crippen MR) is 79.3 cm³/mol. The second kappa shape index (κ2) is 4.93. The zero-order chi connectivity index (χ0) is 16.1. The molecule has 2 aliphatic rings. The van der Waals surface area contributed by atoms with Crippen LogP contribution in [0.3, 0.4) is 0 Å². The number of ether oxygens (including phenoxy) is 2. The van der Waals surface area contributed by atoms with E-state index in [1.165, 1.54) is 0 Å². The van der Waals surface area contributed by atoms with Crippen molar-refractivity contribution >= 4 is 6.47 Å². The summed E-state index contributed by atoms with van der Waals surface area (Å²) in [5, 5.41) is 1.79. The molecule has 0 aromatic carbocycles. The van der Waals surface area contributed by atoms with E-state index in [0.717, 1.165) is 0 Å². The molecule has 5 heteroatoms. The molecule has 0 amide bonds. The Morgan fingerprint density at radius 2 is 1.62 bits per heavy atom. The van der Waals surface area contributed by atoms with Crippen LogP contribution < -0.4 is 0 Å². The van der Waals surface area contributed by atoms with Gasteiger partial charge in [0.2, 0.25) is 0 Å².